The Morgan fingerprint density at radius 2 is 2.00 bits per heavy atom. The van der Waals surface area contributed by atoms with Gasteiger partial charge in [-0.3, -0.25) is 4.79 Å². The van der Waals surface area contributed by atoms with Crippen LogP contribution in [0.4, 0.5) is 0 Å². The van der Waals surface area contributed by atoms with Crippen molar-refractivity contribution in [2.75, 3.05) is 12.8 Å². The molecule has 21 heavy (non-hydrogen) atoms. The summed E-state index contributed by atoms with van der Waals surface area (Å²) in [6.45, 7) is 0. The van der Waals surface area contributed by atoms with Crippen molar-refractivity contribution in [3.05, 3.63) is 42.5 Å². The van der Waals surface area contributed by atoms with Crippen molar-refractivity contribution in [2.24, 2.45) is 11.7 Å². The van der Waals surface area contributed by atoms with Crippen molar-refractivity contribution < 1.29 is 4.79 Å². The number of carbonyl (C=O) groups excluding carboxylic acids is 1. The molecule has 1 aliphatic rings. The Morgan fingerprint density at radius 1 is 1.29 bits per heavy atom. The number of carbonyl (C=O) groups is 1. The molecule has 1 amide bonds. The standard InChI is InChI=1S/C17H20N2OS/c1-19-17(16(18)20,14-7-8-14)11-21-15-9-6-12-4-2-3-5-13(12)10-15/h2-6,9-10,14,19H,7-8,11H2,1H3,(H2,18,20). The summed E-state index contributed by atoms with van der Waals surface area (Å²) in [7, 11) is 1.84. The lowest BCUT2D eigenvalue weighted by molar-refractivity contribution is -0.124. The van der Waals surface area contributed by atoms with E-state index in [-0.39, 0.29) is 5.91 Å². The SMILES string of the molecule is CNC(CSc1ccc2ccccc2c1)(C(N)=O)C1CC1. The highest BCUT2D eigenvalue weighted by Crippen LogP contribution is 2.42. The Kier molecular flexibility index (Phi) is 3.91. The van der Waals surface area contributed by atoms with E-state index in [9.17, 15) is 4.79 Å². The number of thioether (sulfide) groups is 1. The van der Waals surface area contributed by atoms with Crippen molar-refractivity contribution in [2.45, 2.75) is 23.3 Å². The highest BCUT2D eigenvalue weighted by Gasteiger charge is 2.48. The van der Waals surface area contributed by atoms with Gasteiger partial charge in [-0.25, -0.2) is 0 Å². The van der Waals surface area contributed by atoms with Crippen LogP contribution in [0.1, 0.15) is 12.8 Å². The second kappa shape index (κ2) is 5.70. The number of rotatable bonds is 6. The molecule has 0 aromatic heterocycles. The molecule has 0 saturated heterocycles. The van der Waals surface area contributed by atoms with Gasteiger partial charge in [0.2, 0.25) is 5.91 Å². The van der Waals surface area contributed by atoms with Crippen LogP contribution in [0.2, 0.25) is 0 Å². The maximum atomic E-state index is 11.9. The number of benzene rings is 2. The first-order chi connectivity index (χ1) is 10.2. The monoisotopic (exact) mass is 300 g/mol. The van der Waals surface area contributed by atoms with Gasteiger partial charge in [0.15, 0.2) is 0 Å². The van der Waals surface area contributed by atoms with Crippen molar-refractivity contribution in [1.82, 2.24) is 5.32 Å². The van der Waals surface area contributed by atoms with Crippen LogP contribution in [-0.4, -0.2) is 24.2 Å². The summed E-state index contributed by atoms with van der Waals surface area (Å²) in [5.41, 5.74) is 5.09. The normalized spacial score (nSPS) is 17.6. The van der Waals surface area contributed by atoms with Gasteiger partial charge in [-0.1, -0.05) is 30.3 Å². The third-order valence-corrected chi connectivity index (χ3v) is 5.53. The number of nitrogens with one attached hydrogen (secondary N) is 1. The summed E-state index contributed by atoms with van der Waals surface area (Å²) in [6.07, 6.45) is 2.17. The summed E-state index contributed by atoms with van der Waals surface area (Å²) in [5, 5.41) is 5.65. The molecule has 3 rings (SSSR count). The van der Waals surface area contributed by atoms with E-state index in [0.29, 0.717) is 11.7 Å². The maximum absolute atomic E-state index is 11.9. The molecule has 2 aromatic rings. The van der Waals surface area contributed by atoms with E-state index in [0.717, 1.165) is 12.8 Å². The molecule has 1 fully saturated rings. The number of hydrogen-bond acceptors (Lipinski definition) is 3. The lowest BCUT2D eigenvalue weighted by atomic mass is 9.95. The lowest BCUT2D eigenvalue weighted by Gasteiger charge is -2.30. The number of nitrogens with two attached hydrogens (primary N) is 1. The van der Waals surface area contributed by atoms with Gasteiger partial charge in [0.1, 0.15) is 5.54 Å². The van der Waals surface area contributed by atoms with Crippen LogP contribution in [0.3, 0.4) is 0 Å². The average molecular weight is 300 g/mol. The number of likely N-dealkylation sites (N-methyl/N-ethyl adjacent to an activating group) is 1. The quantitative estimate of drug-likeness (QED) is 0.807. The van der Waals surface area contributed by atoms with Crippen LogP contribution < -0.4 is 11.1 Å². The number of fused-ring (bicyclic) bond motifs is 1. The summed E-state index contributed by atoms with van der Waals surface area (Å²) in [6, 6.07) is 14.7. The van der Waals surface area contributed by atoms with E-state index in [2.05, 4.69) is 35.6 Å². The average Bonchev–Trinajstić information content (AvgIpc) is 3.33. The molecule has 4 heteroatoms. The van der Waals surface area contributed by atoms with E-state index in [1.54, 1.807) is 11.8 Å². The predicted octanol–water partition coefficient (Wildman–Crippen LogP) is 2.79. The minimum atomic E-state index is -0.573. The van der Waals surface area contributed by atoms with Gasteiger partial charge in [0, 0.05) is 10.6 Å². The van der Waals surface area contributed by atoms with Crippen molar-refractivity contribution in [3.63, 3.8) is 0 Å². The summed E-state index contributed by atoms with van der Waals surface area (Å²) >= 11 is 1.70. The molecule has 3 N–H and O–H groups in total. The van der Waals surface area contributed by atoms with Crippen molar-refractivity contribution in [1.29, 1.82) is 0 Å². The minimum Gasteiger partial charge on any atom is -0.368 e. The van der Waals surface area contributed by atoms with Crippen molar-refractivity contribution >= 4 is 28.4 Å². The zero-order valence-corrected chi connectivity index (χ0v) is 13.0. The van der Waals surface area contributed by atoms with Crippen LogP contribution in [0, 0.1) is 5.92 Å². The molecule has 110 valence electrons. The Bertz CT molecular complexity index is 669. The largest absolute Gasteiger partial charge is 0.368 e. The third kappa shape index (κ3) is 2.78. The first-order valence-corrected chi connectivity index (χ1v) is 8.25. The van der Waals surface area contributed by atoms with Crippen molar-refractivity contribution in [3.8, 4) is 0 Å². The molecule has 2 aromatic carbocycles. The second-order valence-corrected chi connectivity index (χ2v) is 6.71. The van der Waals surface area contributed by atoms with Gasteiger partial charge < -0.3 is 11.1 Å². The topological polar surface area (TPSA) is 55.1 Å². The fourth-order valence-electron chi connectivity index (χ4n) is 2.82. The molecule has 1 saturated carbocycles. The van der Waals surface area contributed by atoms with Gasteiger partial charge in [-0.2, -0.15) is 0 Å². The second-order valence-electron chi connectivity index (χ2n) is 5.66. The van der Waals surface area contributed by atoms with Gasteiger partial charge in [0.05, 0.1) is 0 Å². The van der Waals surface area contributed by atoms with Gasteiger partial charge in [-0.15, -0.1) is 11.8 Å². The Balaban J connectivity index is 1.79. The van der Waals surface area contributed by atoms with E-state index in [4.69, 9.17) is 5.73 Å². The molecular weight excluding hydrogens is 280 g/mol. The molecular formula is C17H20N2OS. The fraction of sp³-hybridized carbons (Fsp3) is 0.353. The molecule has 0 heterocycles. The molecule has 0 bridgehead atoms. The Hall–Kier alpha value is -1.52. The molecule has 0 aliphatic heterocycles. The number of primary amides is 1. The first-order valence-electron chi connectivity index (χ1n) is 7.26. The summed E-state index contributed by atoms with van der Waals surface area (Å²) in [4.78, 5) is 13.1. The number of hydrogen-bond donors (Lipinski definition) is 2. The van der Waals surface area contributed by atoms with E-state index in [1.807, 2.05) is 19.2 Å². The Labute approximate surface area is 129 Å². The van der Waals surface area contributed by atoms with Gasteiger partial charge >= 0.3 is 0 Å². The highest BCUT2D eigenvalue weighted by molar-refractivity contribution is 7.99. The third-order valence-electron chi connectivity index (χ3n) is 4.35. The smallest absolute Gasteiger partial charge is 0.238 e. The maximum Gasteiger partial charge on any atom is 0.238 e. The molecule has 0 spiro atoms. The first kappa shape index (κ1) is 14.4. The fourth-order valence-corrected chi connectivity index (χ4v) is 4.11. The molecule has 0 radical (unpaired) electrons. The van der Waals surface area contributed by atoms with Crippen LogP contribution in [0.15, 0.2) is 47.4 Å². The van der Waals surface area contributed by atoms with Crippen LogP contribution in [0.25, 0.3) is 10.8 Å². The molecule has 1 aliphatic carbocycles. The Morgan fingerprint density at radius 3 is 2.62 bits per heavy atom. The van der Waals surface area contributed by atoms with Gasteiger partial charge in [0.25, 0.3) is 0 Å². The predicted molar refractivity (Wildman–Crippen MR) is 88.4 cm³/mol. The molecule has 3 nitrogen and oxygen atoms in total. The molecule has 1 atom stereocenters. The highest BCUT2D eigenvalue weighted by atomic mass is 32.2. The van der Waals surface area contributed by atoms with E-state index >= 15 is 0 Å². The lowest BCUT2D eigenvalue weighted by Crippen LogP contribution is -2.57. The molecule has 1 unspecified atom stereocenters. The number of amides is 1. The van der Waals surface area contributed by atoms with Crippen LogP contribution in [-0.2, 0) is 4.79 Å². The van der Waals surface area contributed by atoms with Crippen LogP contribution in [0.5, 0.6) is 0 Å². The zero-order chi connectivity index (χ0) is 14.9. The van der Waals surface area contributed by atoms with E-state index in [1.165, 1.54) is 15.7 Å². The van der Waals surface area contributed by atoms with Crippen LogP contribution >= 0.6 is 11.8 Å². The van der Waals surface area contributed by atoms with Gasteiger partial charge in [-0.05, 0) is 48.7 Å². The zero-order valence-electron chi connectivity index (χ0n) is 12.1. The van der Waals surface area contributed by atoms with E-state index < -0.39 is 5.54 Å². The summed E-state index contributed by atoms with van der Waals surface area (Å²) < 4.78 is 0. The minimum absolute atomic E-state index is 0.235. The summed E-state index contributed by atoms with van der Waals surface area (Å²) in [5.74, 6) is 0.829.